The van der Waals surface area contributed by atoms with Crippen molar-refractivity contribution in [1.29, 1.82) is 0 Å². The van der Waals surface area contributed by atoms with Gasteiger partial charge in [0.05, 0.1) is 20.6 Å². The van der Waals surface area contributed by atoms with Gasteiger partial charge in [-0.3, -0.25) is 14.2 Å². The van der Waals surface area contributed by atoms with E-state index in [9.17, 15) is 9.59 Å². The fraction of sp³-hybridized carbons (Fsp3) is 0.154. The molecule has 1 amide bonds. The lowest BCUT2D eigenvalue weighted by atomic mass is 10.2. The molecule has 1 aromatic heterocycles. The second kappa shape index (κ2) is 6.90. The number of nitrogens with one attached hydrogen (secondary N) is 1. The van der Waals surface area contributed by atoms with Crippen molar-refractivity contribution in [3.05, 3.63) is 49.7 Å². The standard InChI is InChI=1S/C13H12ClIN4O2/c14-9-2-1-8(5-11(9)16)18-12(20)3-4-19-7-17-6-10(15)13(19)21/h1-2,5-7H,3-4,16H2,(H,18,20). The zero-order chi connectivity index (χ0) is 15.4. The molecule has 2 aromatic rings. The average molecular weight is 419 g/mol. The molecule has 2 rings (SSSR count). The first-order valence-corrected chi connectivity index (χ1v) is 7.48. The highest BCUT2D eigenvalue weighted by atomic mass is 127. The molecule has 110 valence electrons. The summed E-state index contributed by atoms with van der Waals surface area (Å²) in [5.41, 5.74) is 6.46. The van der Waals surface area contributed by atoms with E-state index >= 15 is 0 Å². The Morgan fingerprint density at radius 1 is 1.48 bits per heavy atom. The summed E-state index contributed by atoms with van der Waals surface area (Å²) >= 11 is 7.72. The molecule has 8 heteroatoms. The molecule has 0 unspecified atom stereocenters. The summed E-state index contributed by atoms with van der Waals surface area (Å²) in [7, 11) is 0. The van der Waals surface area contributed by atoms with Crippen molar-refractivity contribution >= 4 is 51.5 Å². The number of rotatable bonds is 4. The molecule has 0 radical (unpaired) electrons. The summed E-state index contributed by atoms with van der Waals surface area (Å²) in [6.45, 7) is 0.261. The topological polar surface area (TPSA) is 90.0 Å². The number of nitrogen functional groups attached to an aromatic ring is 1. The molecule has 21 heavy (non-hydrogen) atoms. The van der Waals surface area contributed by atoms with Crippen molar-refractivity contribution in [2.75, 3.05) is 11.1 Å². The zero-order valence-corrected chi connectivity index (χ0v) is 13.8. The van der Waals surface area contributed by atoms with Crippen molar-refractivity contribution in [3.8, 4) is 0 Å². The van der Waals surface area contributed by atoms with E-state index in [0.29, 0.717) is 20.0 Å². The summed E-state index contributed by atoms with van der Waals surface area (Å²) in [5.74, 6) is -0.220. The number of aryl methyl sites for hydroxylation is 1. The minimum absolute atomic E-state index is 0.157. The lowest BCUT2D eigenvalue weighted by molar-refractivity contribution is -0.116. The van der Waals surface area contributed by atoms with Gasteiger partial charge in [-0.1, -0.05) is 11.6 Å². The van der Waals surface area contributed by atoms with Crippen molar-refractivity contribution in [2.45, 2.75) is 13.0 Å². The first kappa shape index (κ1) is 15.8. The van der Waals surface area contributed by atoms with Crippen LogP contribution in [-0.4, -0.2) is 15.5 Å². The number of anilines is 2. The zero-order valence-electron chi connectivity index (χ0n) is 10.8. The number of nitrogens with two attached hydrogens (primary N) is 1. The molecule has 0 saturated carbocycles. The Balaban J connectivity index is 1.97. The second-order valence-corrected chi connectivity index (χ2v) is 5.84. The fourth-order valence-corrected chi connectivity index (χ4v) is 2.24. The van der Waals surface area contributed by atoms with Gasteiger partial charge in [0.1, 0.15) is 0 Å². The molecule has 1 aromatic carbocycles. The minimum Gasteiger partial charge on any atom is -0.397 e. The van der Waals surface area contributed by atoms with Crippen LogP contribution in [0.15, 0.2) is 35.5 Å². The molecule has 6 nitrogen and oxygen atoms in total. The van der Waals surface area contributed by atoms with Gasteiger partial charge in [0.2, 0.25) is 5.91 Å². The van der Waals surface area contributed by atoms with Gasteiger partial charge < -0.3 is 11.1 Å². The molecule has 0 aliphatic rings. The van der Waals surface area contributed by atoms with E-state index in [4.69, 9.17) is 17.3 Å². The first-order valence-electron chi connectivity index (χ1n) is 6.02. The highest BCUT2D eigenvalue weighted by Gasteiger charge is 2.06. The van der Waals surface area contributed by atoms with E-state index in [1.54, 1.807) is 18.2 Å². The van der Waals surface area contributed by atoms with Crippen LogP contribution in [0.4, 0.5) is 11.4 Å². The quantitative estimate of drug-likeness (QED) is 0.588. The molecular formula is C13H12ClIN4O2. The molecule has 0 bridgehead atoms. The van der Waals surface area contributed by atoms with Gasteiger partial charge in [0, 0.05) is 24.8 Å². The maximum absolute atomic E-state index is 11.9. The van der Waals surface area contributed by atoms with Gasteiger partial charge in [0.15, 0.2) is 0 Å². The summed E-state index contributed by atoms with van der Waals surface area (Å²) in [6.07, 6.45) is 3.05. The van der Waals surface area contributed by atoms with Gasteiger partial charge in [-0.25, -0.2) is 4.98 Å². The molecule has 3 N–H and O–H groups in total. The van der Waals surface area contributed by atoms with E-state index in [1.807, 2.05) is 22.6 Å². The van der Waals surface area contributed by atoms with Crippen LogP contribution in [0.2, 0.25) is 5.02 Å². The third-order valence-corrected chi connectivity index (χ3v) is 3.80. The van der Waals surface area contributed by atoms with Crippen LogP contribution in [0, 0.1) is 3.57 Å². The van der Waals surface area contributed by atoms with E-state index in [2.05, 4.69) is 10.3 Å². The third kappa shape index (κ3) is 4.18. The Bertz CT molecular complexity index is 732. The van der Waals surface area contributed by atoms with Gasteiger partial charge in [-0.05, 0) is 40.8 Å². The number of halogens is 2. The van der Waals surface area contributed by atoms with Crippen LogP contribution >= 0.6 is 34.2 Å². The first-order chi connectivity index (χ1) is 9.97. The SMILES string of the molecule is Nc1cc(NC(=O)CCn2cncc(I)c2=O)ccc1Cl. The Morgan fingerprint density at radius 2 is 2.24 bits per heavy atom. The maximum atomic E-state index is 11.9. The van der Waals surface area contributed by atoms with Crippen LogP contribution in [-0.2, 0) is 11.3 Å². The average Bonchev–Trinajstić information content (AvgIpc) is 2.44. The Labute approximate surface area is 139 Å². The lowest BCUT2D eigenvalue weighted by Crippen LogP contribution is -2.25. The second-order valence-electron chi connectivity index (χ2n) is 4.27. The molecule has 0 spiro atoms. The molecule has 0 saturated heterocycles. The van der Waals surface area contributed by atoms with Crippen LogP contribution in [0.1, 0.15) is 6.42 Å². The molecule has 0 fully saturated rings. The van der Waals surface area contributed by atoms with Gasteiger partial charge in [-0.2, -0.15) is 0 Å². The predicted octanol–water partition coefficient (Wildman–Crippen LogP) is 2.11. The Morgan fingerprint density at radius 3 is 2.95 bits per heavy atom. The third-order valence-electron chi connectivity index (χ3n) is 2.72. The number of amides is 1. The molecule has 0 aliphatic heterocycles. The number of aromatic nitrogens is 2. The number of hydrogen-bond acceptors (Lipinski definition) is 4. The summed E-state index contributed by atoms with van der Waals surface area (Å²) in [5, 5.41) is 3.13. The number of hydrogen-bond donors (Lipinski definition) is 2. The Kier molecular flexibility index (Phi) is 5.18. The summed E-state index contributed by atoms with van der Waals surface area (Å²) < 4.78 is 1.92. The molecule has 1 heterocycles. The lowest BCUT2D eigenvalue weighted by Gasteiger charge is -2.08. The summed E-state index contributed by atoms with van der Waals surface area (Å²) in [6, 6.07) is 4.86. The minimum atomic E-state index is -0.220. The van der Waals surface area contributed by atoms with Gasteiger partial charge in [0.25, 0.3) is 5.56 Å². The summed E-state index contributed by atoms with van der Waals surface area (Å²) in [4.78, 5) is 27.6. The number of nitrogens with zero attached hydrogens (tertiary/aromatic N) is 2. The highest BCUT2D eigenvalue weighted by molar-refractivity contribution is 14.1. The highest BCUT2D eigenvalue weighted by Crippen LogP contribution is 2.22. The van der Waals surface area contributed by atoms with Crippen molar-refractivity contribution in [3.63, 3.8) is 0 Å². The van der Waals surface area contributed by atoms with E-state index in [1.165, 1.54) is 17.1 Å². The van der Waals surface area contributed by atoms with E-state index in [-0.39, 0.29) is 24.4 Å². The van der Waals surface area contributed by atoms with E-state index in [0.717, 1.165) is 0 Å². The molecule has 0 atom stereocenters. The van der Waals surface area contributed by atoms with E-state index < -0.39 is 0 Å². The van der Waals surface area contributed by atoms with Gasteiger partial charge >= 0.3 is 0 Å². The predicted molar refractivity (Wildman–Crippen MR) is 90.3 cm³/mol. The van der Waals surface area contributed by atoms with Crippen molar-refractivity contribution < 1.29 is 4.79 Å². The largest absolute Gasteiger partial charge is 0.397 e. The fourth-order valence-electron chi connectivity index (χ4n) is 1.65. The van der Waals surface area contributed by atoms with Crippen LogP contribution < -0.4 is 16.6 Å². The number of carbonyl (C=O) groups excluding carboxylic acids is 1. The number of carbonyl (C=O) groups is 1. The number of benzene rings is 1. The molecule has 0 aliphatic carbocycles. The molecular weight excluding hydrogens is 407 g/mol. The van der Waals surface area contributed by atoms with Crippen LogP contribution in [0.5, 0.6) is 0 Å². The maximum Gasteiger partial charge on any atom is 0.266 e. The van der Waals surface area contributed by atoms with Crippen molar-refractivity contribution in [1.82, 2.24) is 9.55 Å². The van der Waals surface area contributed by atoms with Crippen LogP contribution in [0.25, 0.3) is 0 Å². The Hall–Kier alpha value is -1.61. The van der Waals surface area contributed by atoms with Gasteiger partial charge in [-0.15, -0.1) is 0 Å². The monoisotopic (exact) mass is 418 g/mol. The smallest absolute Gasteiger partial charge is 0.266 e. The van der Waals surface area contributed by atoms with Crippen molar-refractivity contribution in [2.24, 2.45) is 0 Å². The van der Waals surface area contributed by atoms with Crippen LogP contribution in [0.3, 0.4) is 0 Å². The normalized spacial score (nSPS) is 10.4.